The van der Waals surface area contributed by atoms with Crippen LogP contribution in [-0.4, -0.2) is 6.08 Å². The lowest BCUT2D eigenvalue weighted by atomic mass is 9.87. The fourth-order valence-corrected chi connectivity index (χ4v) is 2.64. The minimum Gasteiger partial charge on any atom is -0.211 e. The van der Waals surface area contributed by atoms with Crippen LogP contribution < -0.4 is 0 Å². The van der Waals surface area contributed by atoms with Crippen molar-refractivity contribution in [3.8, 4) is 0 Å². The van der Waals surface area contributed by atoms with Crippen LogP contribution in [0.3, 0.4) is 0 Å². The first-order valence-corrected chi connectivity index (χ1v) is 6.09. The fourth-order valence-electron chi connectivity index (χ4n) is 2.64. The summed E-state index contributed by atoms with van der Waals surface area (Å²) in [6, 6.07) is 5.01. The molecule has 0 bridgehead atoms. The number of rotatable bonds is 3. The van der Waals surface area contributed by atoms with Gasteiger partial charge >= 0.3 is 0 Å². The molecule has 1 fully saturated rings. The lowest BCUT2D eigenvalue weighted by molar-refractivity contribution is 0.452. The molecule has 0 unspecified atom stereocenters. The Morgan fingerprint density at radius 3 is 2.65 bits per heavy atom. The minimum absolute atomic E-state index is 0.244. The van der Waals surface area contributed by atoms with Crippen LogP contribution in [0.4, 0.5) is 4.39 Å². The Hall–Kier alpha value is -1.47. The highest BCUT2D eigenvalue weighted by Crippen LogP contribution is 2.42. The van der Waals surface area contributed by atoms with E-state index in [2.05, 4.69) is 4.99 Å². The van der Waals surface area contributed by atoms with Crippen molar-refractivity contribution in [2.45, 2.75) is 44.6 Å². The van der Waals surface area contributed by atoms with Gasteiger partial charge in [-0.2, -0.15) is 4.99 Å². The van der Waals surface area contributed by atoms with Crippen LogP contribution in [0.25, 0.3) is 0 Å². The molecule has 90 valence electrons. The number of hydrogen-bond acceptors (Lipinski definition) is 2. The zero-order chi connectivity index (χ0) is 12.3. The Kier molecular flexibility index (Phi) is 3.39. The summed E-state index contributed by atoms with van der Waals surface area (Å²) in [6.07, 6.45) is 6.13. The molecule has 0 aliphatic heterocycles. The summed E-state index contributed by atoms with van der Waals surface area (Å²) in [5, 5.41) is 0. The molecule has 1 aromatic rings. The molecule has 3 heteroatoms. The van der Waals surface area contributed by atoms with Gasteiger partial charge in [-0.05, 0) is 42.5 Å². The number of carbonyl (C=O) groups excluding carboxylic acids is 1. The number of hydrogen-bond donors (Lipinski definition) is 0. The van der Waals surface area contributed by atoms with Crippen molar-refractivity contribution in [1.82, 2.24) is 0 Å². The molecule has 17 heavy (non-hydrogen) atoms. The molecule has 0 radical (unpaired) electrons. The van der Waals surface area contributed by atoms with Crippen molar-refractivity contribution in [2.24, 2.45) is 4.99 Å². The first kappa shape index (κ1) is 12.0. The van der Waals surface area contributed by atoms with Gasteiger partial charge in [-0.1, -0.05) is 25.8 Å². The number of isocyanates is 1. The summed E-state index contributed by atoms with van der Waals surface area (Å²) < 4.78 is 13.5. The lowest BCUT2D eigenvalue weighted by Gasteiger charge is -2.23. The number of benzene rings is 1. The molecule has 2 rings (SSSR count). The third kappa shape index (κ3) is 2.29. The van der Waals surface area contributed by atoms with Crippen molar-refractivity contribution in [3.63, 3.8) is 0 Å². The highest BCUT2D eigenvalue weighted by atomic mass is 19.1. The van der Waals surface area contributed by atoms with Crippen LogP contribution in [0.15, 0.2) is 23.2 Å². The Bertz CT molecular complexity index is 457. The Morgan fingerprint density at radius 1 is 1.35 bits per heavy atom. The average molecular weight is 233 g/mol. The van der Waals surface area contributed by atoms with Crippen molar-refractivity contribution in [2.75, 3.05) is 0 Å². The largest absolute Gasteiger partial charge is 0.235 e. The van der Waals surface area contributed by atoms with E-state index in [1.807, 2.05) is 13.0 Å². The molecule has 0 aromatic heterocycles. The molecule has 0 amide bonds. The second-order valence-corrected chi connectivity index (χ2v) is 4.64. The van der Waals surface area contributed by atoms with Gasteiger partial charge in [0.25, 0.3) is 0 Å². The third-order valence-electron chi connectivity index (χ3n) is 3.59. The SMILES string of the molecule is CCc1cc(F)cc(C2(N=C=O)CCCC2)c1. The number of nitrogens with zero attached hydrogens (tertiary/aromatic N) is 1. The van der Waals surface area contributed by atoms with Crippen molar-refractivity contribution in [1.29, 1.82) is 0 Å². The highest BCUT2D eigenvalue weighted by molar-refractivity contribution is 5.40. The van der Waals surface area contributed by atoms with Crippen LogP contribution in [0.1, 0.15) is 43.7 Å². The predicted molar refractivity (Wildman–Crippen MR) is 64.0 cm³/mol. The van der Waals surface area contributed by atoms with Crippen molar-refractivity contribution in [3.05, 3.63) is 35.1 Å². The first-order valence-electron chi connectivity index (χ1n) is 6.09. The highest BCUT2D eigenvalue weighted by Gasteiger charge is 2.36. The predicted octanol–water partition coefficient (Wildman–Crippen LogP) is 3.49. The van der Waals surface area contributed by atoms with Gasteiger partial charge in [-0.15, -0.1) is 0 Å². The van der Waals surface area contributed by atoms with E-state index >= 15 is 0 Å². The quantitative estimate of drug-likeness (QED) is 0.580. The molecular weight excluding hydrogens is 217 g/mol. The molecule has 1 aliphatic carbocycles. The monoisotopic (exact) mass is 233 g/mol. The third-order valence-corrected chi connectivity index (χ3v) is 3.59. The normalized spacial score (nSPS) is 17.8. The summed E-state index contributed by atoms with van der Waals surface area (Å²) in [6.45, 7) is 1.99. The Balaban J connectivity index is 2.49. The second kappa shape index (κ2) is 4.80. The molecule has 1 saturated carbocycles. The summed E-state index contributed by atoms with van der Waals surface area (Å²) in [4.78, 5) is 14.6. The molecular formula is C14H16FNO. The van der Waals surface area contributed by atoms with Gasteiger partial charge in [0.05, 0.1) is 5.54 Å². The Morgan fingerprint density at radius 2 is 2.06 bits per heavy atom. The Labute approximate surface area is 101 Å². The van der Waals surface area contributed by atoms with Crippen LogP contribution in [0.2, 0.25) is 0 Å². The maximum absolute atomic E-state index is 13.5. The van der Waals surface area contributed by atoms with Crippen LogP contribution in [-0.2, 0) is 16.8 Å². The molecule has 0 saturated heterocycles. The van der Waals surface area contributed by atoms with E-state index in [-0.39, 0.29) is 5.82 Å². The maximum Gasteiger partial charge on any atom is 0.235 e. The number of aryl methyl sites for hydroxylation is 1. The molecule has 0 N–H and O–H groups in total. The van der Waals surface area contributed by atoms with Gasteiger partial charge in [-0.3, -0.25) is 0 Å². The van der Waals surface area contributed by atoms with E-state index in [1.54, 1.807) is 6.08 Å². The van der Waals surface area contributed by atoms with Crippen molar-refractivity contribution < 1.29 is 9.18 Å². The van der Waals surface area contributed by atoms with Gasteiger partial charge in [-0.25, -0.2) is 9.18 Å². The molecule has 0 atom stereocenters. The zero-order valence-corrected chi connectivity index (χ0v) is 10.0. The van der Waals surface area contributed by atoms with Gasteiger partial charge in [0, 0.05) is 0 Å². The van der Waals surface area contributed by atoms with Gasteiger partial charge < -0.3 is 0 Å². The summed E-state index contributed by atoms with van der Waals surface area (Å²) in [5.74, 6) is -0.244. The van der Waals surface area contributed by atoms with E-state index in [9.17, 15) is 9.18 Å². The zero-order valence-electron chi connectivity index (χ0n) is 10.0. The standard InChI is InChI=1S/C14H16FNO/c1-2-11-7-12(9-13(15)8-11)14(16-10-17)5-3-4-6-14/h7-9H,2-6H2,1H3. The van der Waals surface area contributed by atoms with Crippen LogP contribution in [0, 0.1) is 5.82 Å². The van der Waals surface area contributed by atoms with Crippen LogP contribution >= 0.6 is 0 Å². The lowest BCUT2D eigenvalue weighted by Crippen LogP contribution is -2.19. The summed E-state index contributed by atoms with van der Waals surface area (Å²) >= 11 is 0. The smallest absolute Gasteiger partial charge is 0.211 e. The molecule has 0 heterocycles. The van der Waals surface area contributed by atoms with Crippen molar-refractivity contribution >= 4 is 6.08 Å². The summed E-state index contributed by atoms with van der Waals surface area (Å²) in [7, 11) is 0. The van der Waals surface area contributed by atoms with Gasteiger partial charge in [0.15, 0.2) is 0 Å². The fraction of sp³-hybridized carbons (Fsp3) is 0.500. The maximum atomic E-state index is 13.5. The van der Waals surface area contributed by atoms with E-state index in [0.717, 1.165) is 43.2 Å². The van der Waals surface area contributed by atoms with Gasteiger partial charge in [0.1, 0.15) is 5.82 Å². The average Bonchev–Trinajstić information content (AvgIpc) is 2.78. The first-order chi connectivity index (χ1) is 8.20. The van der Waals surface area contributed by atoms with Gasteiger partial charge in [0.2, 0.25) is 6.08 Å². The number of halogens is 1. The summed E-state index contributed by atoms with van der Waals surface area (Å²) in [5.41, 5.74) is 1.26. The molecule has 0 spiro atoms. The number of aliphatic imine (C=N–C) groups is 1. The van der Waals surface area contributed by atoms with E-state index in [4.69, 9.17) is 0 Å². The molecule has 1 aromatic carbocycles. The van der Waals surface area contributed by atoms with E-state index in [1.165, 1.54) is 12.1 Å². The minimum atomic E-state index is -0.520. The molecule has 1 aliphatic rings. The van der Waals surface area contributed by atoms with E-state index in [0.29, 0.717) is 0 Å². The van der Waals surface area contributed by atoms with E-state index < -0.39 is 5.54 Å². The molecule has 2 nitrogen and oxygen atoms in total. The topological polar surface area (TPSA) is 29.4 Å². The second-order valence-electron chi connectivity index (χ2n) is 4.64. The van der Waals surface area contributed by atoms with Crippen LogP contribution in [0.5, 0.6) is 0 Å².